The third-order valence-electron chi connectivity index (χ3n) is 3.37. The number of ether oxygens (including phenoxy) is 2. The number of hydrogen-bond donors (Lipinski definition) is 0. The van der Waals surface area contributed by atoms with Crippen LogP contribution in [0.2, 0.25) is 5.02 Å². The molecule has 5 heteroatoms. The predicted molar refractivity (Wildman–Crippen MR) is 88.9 cm³/mol. The van der Waals surface area contributed by atoms with Crippen LogP contribution < -0.4 is 4.74 Å². The summed E-state index contributed by atoms with van der Waals surface area (Å²) in [5.74, 6) is 0.175. The summed E-state index contributed by atoms with van der Waals surface area (Å²) in [6, 6.07) is 16.8. The lowest BCUT2D eigenvalue weighted by atomic mass is 10.2. The Kier molecular flexibility index (Phi) is 4.44. The van der Waals surface area contributed by atoms with E-state index in [4.69, 9.17) is 16.3 Å². The second-order valence-electron chi connectivity index (χ2n) is 4.93. The van der Waals surface area contributed by atoms with Gasteiger partial charge in [-0.2, -0.15) is 0 Å². The summed E-state index contributed by atoms with van der Waals surface area (Å²) in [6.45, 7) is 0.470. The maximum Gasteiger partial charge on any atom is 0.356 e. The van der Waals surface area contributed by atoms with Gasteiger partial charge in [-0.3, -0.25) is 0 Å². The van der Waals surface area contributed by atoms with Crippen molar-refractivity contribution in [1.82, 2.24) is 4.98 Å². The largest absolute Gasteiger partial charge is 0.489 e. The molecular weight excluding hydrogens is 314 g/mol. The molecule has 0 aliphatic heterocycles. The molecule has 0 amide bonds. The summed E-state index contributed by atoms with van der Waals surface area (Å²) in [5, 5.41) is 1.16. The SMILES string of the molecule is COC(=O)c1cc(Cl)c2cc(OCc3ccccc3)ccc2n1. The summed E-state index contributed by atoms with van der Waals surface area (Å²) < 4.78 is 10.4. The van der Waals surface area contributed by atoms with Crippen molar-refractivity contribution in [2.45, 2.75) is 6.61 Å². The van der Waals surface area contributed by atoms with Crippen molar-refractivity contribution in [3.05, 3.63) is 70.9 Å². The Bertz CT molecular complexity index is 850. The predicted octanol–water partition coefficient (Wildman–Crippen LogP) is 4.25. The van der Waals surface area contributed by atoms with Crippen LogP contribution >= 0.6 is 11.6 Å². The van der Waals surface area contributed by atoms with Gasteiger partial charge in [0, 0.05) is 5.39 Å². The molecule has 23 heavy (non-hydrogen) atoms. The van der Waals surface area contributed by atoms with Gasteiger partial charge in [-0.25, -0.2) is 9.78 Å². The Morgan fingerprint density at radius 1 is 1.13 bits per heavy atom. The number of fused-ring (bicyclic) bond motifs is 1. The second kappa shape index (κ2) is 6.67. The Hall–Kier alpha value is -2.59. The molecule has 0 saturated carbocycles. The number of carbonyl (C=O) groups is 1. The van der Waals surface area contributed by atoms with Crippen LogP contribution in [0.15, 0.2) is 54.6 Å². The van der Waals surface area contributed by atoms with Gasteiger partial charge in [0.15, 0.2) is 5.69 Å². The number of hydrogen-bond acceptors (Lipinski definition) is 4. The number of esters is 1. The molecule has 0 aliphatic rings. The molecule has 4 nitrogen and oxygen atoms in total. The van der Waals surface area contributed by atoms with Gasteiger partial charge in [0.25, 0.3) is 0 Å². The maximum atomic E-state index is 11.6. The van der Waals surface area contributed by atoms with Crippen LogP contribution in [-0.4, -0.2) is 18.1 Å². The molecule has 0 aliphatic carbocycles. The van der Waals surface area contributed by atoms with E-state index >= 15 is 0 Å². The Morgan fingerprint density at radius 3 is 2.65 bits per heavy atom. The van der Waals surface area contributed by atoms with Gasteiger partial charge < -0.3 is 9.47 Å². The molecule has 2 aromatic carbocycles. The van der Waals surface area contributed by atoms with E-state index in [-0.39, 0.29) is 5.69 Å². The van der Waals surface area contributed by atoms with Gasteiger partial charge in [0.2, 0.25) is 0 Å². The minimum atomic E-state index is -0.516. The molecule has 0 saturated heterocycles. The van der Waals surface area contributed by atoms with Gasteiger partial charge in [-0.05, 0) is 29.8 Å². The van der Waals surface area contributed by atoms with Gasteiger partial charge in [0.05, 0.1) is 17.6 Å². The highest BCUT2D eigenvalue weighted by atomic mass is 35.5. The quantitative estimate of drug-likeness (QED) is 0.672. The fourth-order valence-corrected chi connectivity index (χ4v) is 2.46. The second-order valence-corrected chi connectivity index (χ2v) is 5.34. The molecule has 1 heterocycles. The average Bonchev–Trinajstić information content (AvgIpc) is 2.60. The number of nitrogens with zero attached hydrogens (tertiary/aromatic N) is 1. The molecule has 116 valence electrons. The van der Waals surface area contributed by atoms with Crippen LogP contribution in [0.4, 0.5) is 0 Å². The first-order valence-electron chi connectivity index (χ1n) is 7.03. The van der Waals surface area contributed by atoms with E-state index in [9.17, 15) is 4.79 Å². The van der Waals surface area contributed by atoms with Crippen LogP contribution in [0.1, 0.15) is 16.1 Å². The van der Waals surface area contributed by atoms with Gasteiger partial charge in [-0.1, -0.05) is 41.9 Å². The number of pyridine rings is 1. The summed E-state index contributed by atoms with van der Waals surface area (Å²) in [5.41, 5.74) is 1.88. The smallest absolute Gasteiger partial charge is 0.356 e. The van der Waals surface area contributed by atoms with E-state index in [2.05, 4.69) is 9.72 Å². The fourth-order valence-electron chi connectivity index (χ4n) is 2.20. The van der Waals surface area contributed by atoms with Gasteiger partial charge in [0.1, 0.15) is 12.4 Å². The van der Waals surface area contributed by atoms with Crippen molar-refractivity contribution in [2.24, 2.45) is 0 Å². The van der Waals surface area contributed by atoms with E-state index in [0.717, 1.165) is 10.9 Å². The van der Waals surface area contributed by atoms with Crippen molar-refractivity contribution in [2.75, 3.05) is 7.11 Å². The molecule has 0 bridgehead atoms. The summed E-state index contributed by atoms with van der Waals surface area (Å²) in [6.07, 6.45) is 0. The third-order valence-corrected chi connectivity index (χ3v) is 3.69. The number of rotatable bonds is 4. The molecule has 0 N–H and O–H groups in total. The van der Waals surface area contributed by atoms with E-state index in [1.807, 2.05) is 36.4 Å². The zero-order valence-electron chi connectivity index (χ0n) is 12.5. The molecule has 0 spiro atoms. The highest BCUT2D eigenvalue weighted by Crippen LogP contribution is 2.27. The minimum Gasteiger partial charge on any atom is -0.489 e. The Labute approximate surface area is 138 Å². The standard InChI is InChI=1S/C18H14ClNO3/c1-22-18(21)17-10-15(19)14-9-13(7-8-16(14)20-17)23-11-12-5-3-2-4-6-12/h2-10H,11H2,1H3. The van der Waals surface area contributed by atoms with Crippen molar-refractivity contribution >= 4 is 28.5 Å². The van der Waals surface area contributed by atoms with E-state index in [1.165, 1.54) is 13.2 Å². The van der Waals surface area contributed by atoms with Crippen molar-refractivity contribution < 1.29 is 14.3 Å². The van der Waals surface area contributed by atoms with Crippen LogP contribution in [0.3, 0.4) is 0 Å². The molecule has 0 atom stereocenters. The number of aromatic nitrogens is 1. The normalized spacial score (nSPS) is 10.5. The summed E-state index contributed by atoms with van der Waals surface area (Å²) >= 11 is 6.25. The fraction of sp³-hybridized carbons (Fsp3) is 0.111. The highest BCUT2D eigenvalue weighted by molar-refractivity contribution is 6.35. The molecular formula is C18H14ClNO3. The Balaban J connectivity index is 1.87. The van der Waals surface area contributed by atoms with E-state index in [1.54, 1.807) is 12.1 Å². The van der Waals surface area contributed by atoms with Crippen molar-refractivity contribution in [3.8, 4) is 5.75 Å². The molecule has 3 aromatic rings. The van der Waals surface area contributed by atoms with Crippen LogP contribution in [0, 0.1) is 0 Å². The maximum absolute atomic E-state index is 11.6. The summed E-state index contributed by atoms with van der Waals surface area (Å²) in [7, 11) is 1.31. The number of carbonyl (C=O) groups excluding carboxylic acids is 1. The molecule has 1 aromatic heterocycles. The van der Waals surface area contributed by atoms with Crippen LogP contribution in [0.25, 0.3) is 10.9 Å². The monoisotopic (exact) mass is 327 g/mol. The topological polar surface area (TPSA) is 48.4 Å². The van der Waals surface area contributed by atoms with Crippen LogP contribution in [-0.2, 0) is 11.3 Å². The highest BCUT2D eigenvalue weighted by Gasteiger charge is 2.12. The van der Waals surface area contributed by atoms with Gasteiger partial charge in [-0.15, -0.1) is 0 Å². The molecule has 0 radical (unpaired) electrons. The first kappa shape index (κ1) is 15.3. The van der Waals surface area contributed by atoms with E-state index in [0.29, 0.717) is 22.9 Å². The lowest BCUT2D eigenvalue weighted by molar-refractivity contribution is 0.0594. The lowest BCUT2D eigenvalue weighted by Crippen LogP contribution is -2.04. The first-order chi connectivity index (χ1) is 11.2. The lowest BCUT2D eigenvalue weighted by Gasteiger charge is -2.09. The number of halogens is 1. The zero-order valence-corrected chi connectivity index (χ0v) is 13.2. The zero-order chi connectivity index (χ0) is 16.2. The third kappa shape index (κ3) is 3.43. The van der Waals surface area contributed by atoms with Gasteiger partial charge >= 0.3 is 5.97 Å². The minimum absolute atomic E-state index is 0.183. The number of benzene rings is 2. The molecule has 0 unspecified atom stereocenters. The van der Waals surface area contributed by atoms with Crippen LogP contribution in [0.5, 0.6) is 5.75 Å². The molecule has 3 rings (SSSR count). The van der Waals surface area contributed by atoms with Crippen molar-refractivity contribution in [3.63, 3.8) is 0 Å². The number of methoxy groups -OCH3 is 1. The van der Waals surface area contributed by atoms with E-state index < -0.39 is 5.97 Å². The summed E-state index contributed by atoms with van der Waals surface area (Å²) in [4.78, 5) is 15.8. The first-order valence-corrected chi connectivity index (χ1v) is 7.40. The van der Waals surface area contributed by atoms with Crippen molar-refractivity contribution in [1.29, 1.82) is 0 Å². The molecule has 0 fully saturated rings. The average molecular weight is 328 g/mol. The Morgan fingerprint density at radius 2 is 1.91 bits per heavy atom.